The number of fused-ring (bicyclic) bond motifs is 1. The molecule has 0 aliphatic carbocycles. The van der Waals surface area contributed by atoms with Crippen LogP contribution in [-0.4, -0.2) is 49.4 Å². The number of rotatable bonds is 6. The molecule has 0 aliphatic heterocycles. The lowest BCUT2D eigenvalue weighted by Crippen LogP contribution is -2.32. The summed E-state index contributed by atoms with van der Waals surface area (Å²) in [5.41, 5.74) is 0.881. The Hall–Kier alpha value is -1.67. The molecule has 3 aromatic rings. The number of nitrogens with zero attached hydrogens (tertiary/aromatic N) is 4. The molecule has 2 heterocycles. The van der Waals surface area contributed by atoms with Gasteiger partial charge in [0.05, 0.1) is 17.5 Å². The summed E-state index contributed by atoms with van der Waals surface area (Å²) >= 11 is 7.80. The quantitative estimate of drug-likeness (QED) is 0.701. The Labute approximate surface area is 148 Å². The first kappa shape index (κ1) is 17.2. The number of halogens is 1. The van der Waals surface area contributed by atoms with Gasteiger partial charge in [0, 0.05) is 11.6 Å². The van der Waals surface area contributed by atoms with E-state index in [0.717, 1.165) is 5.56 Å². The molecule has 8 heteroatoms. The molecule has 24 heavy (non-hydrogen) atoms. The van der Waals surface area contributed by atoms with Crippen LogP contribution in [0.25, 0.3) is 4.96 Å². The smallest absolute Gasteiger partial charge is 0.230 e. The molecular formula is C16H19ClN4O2S. The van der Waals surface area contributed by atoms with Crippen LogP contribution in [-0.2, 0) is 0 Å². The third-order valence-electron chi connectivity index (χ3n) is 3.91. The molecular weight excluding hydrogens is 348 g/mol. The highest BCUT2D eigenvalue weighted by Gasteiger charge is 2.29. The van der Waals surface area contributed by atoms with Crippen LogP contribution in [0.3, 0.4) is 0 Å². The van der Waals surface area contributed by atoms with Crippen LogP contribution < -0.4 is 0 Å². The van der Waals surface area contributed by atoms with Gasteiger partial charge in [-0.3, -0.25) is 4.90 Å². The lowest BCUT2D eigenvalue weighted by molar-refractivity contribution is 0.174. The number of hydrogen-bond donors (Lipinski definition) is 2. The van der Waals surface area contributed by atoms with E-state index in [1.807, 2.05) is 31.2 Å². The van der Waals surface area contributed by atoms with Crippen molar-refractivity contribution in [2.24, 2.45) is 0 Å². The maximum atomic E-state index is 10.7. The third-order valence-corrected chi connectivity index (χ3v) is 5.33. The molecule has 128 valence electrons. The van der Waals surface area contributed by atoms with Crippen molar-refractivity contribution in [1.82, 2.24) is 19.5 Å². The van der Waals surface area contributed by atoms with Gasteiger partial charge in [-0.05, 0) is 25.1 Å². The second-order valence-electron chi connectivity index (χ2n) is 5.42. The van der Waals surface area contributed by atoms with Gasteiger partial charge in [0.25, 0.3) is 0 Å². The number of hydrogen-bond acceptors (Lipinski definition) is 6. The Balaban J connectivity index is 2.17. The van der Waals surface area contributed by atoms with Crippen molar-refractivity contribution in [3.63, 3.8) is 0 Å². The Morgan fingerprint density at radius 2 is 2.12 bits per heavy atom. The largest absolute Gasteiger partial charge is 0.492 e. The number of aromatic hydroxyl groups is 1. The molecule has 6 nitrogen and oxygen atoms in total. The average molecular weight is 367 g/mol. The molecule has 0 aliphatic rings. The molecule has 0 saturated heterocycles. The highest BCUT2D eigenvalue weighted by molar-refractivity contribution is 7.17. The fourth-order valence-corrected chi connectivity index (χ4v) is 4.22. The number of benzene rings is 1. The highest BCUT2D eigenvalue weighted by Crippen LogP contribution is 2.41. The summed E-state index contributed by atoms with van der Waals surface area (Å²) in [6, 6.07) is 7.28. The molecule has 0 fully saturated rings. The molecule has 1 aromatic carbocycles. The summed E-state index contributed by atoms with van der Waals surface area (Å²) < 4.78 is 1.45. The first-order chi connectivity index (χ1) is 11.6. The Kier molecular flexibility index (Phi) is 5.05. The van der Waals surface area contributed by atoms with Crippen molar-refractivity contribution >= 4 is 27.9 Å². The summed E-state index contributed by atoms with van der Waals surface area (Å²) in [4.78, 5) is 7.75. The first-order valence-corrected chi connectivity index (χ1v) is 8.90. The Morgan fingerprint density at radius 3 is 2.75 bits per heavy atom. The zero-order chi connectivity index (χ0) is 17.3. The Bertz CT molecular complexity index is 848. The predicted octanol–water partition coefficient (Wildman–Crippen LogP) is 2.86. The maximum Gasteiger partial charge on any atom is 0.230 e. The van der Waals surface area contributed by atoms with Crippen molar-refractivity contribution in [1.29, 1.82) is 0 Å². The molecule has 1 atom stereocenters. The van der Waals surface area contributed by atoms with E-state index >= 15 is 0 Å². The van der Waals surface area contributed by atoms with Crippen LogP contribution in [0.5, 0.6) is 5.88 Å². The minimum atomic E-state index is -0.273. The second-order valence-corrected chi connectivity index (χ2v) is 6.84. The van der Waals surface area contributed by atoms with Crippen LogP contribution in [0.15, 0.2) is 24.3 Å². The fourth-order valence-electron chi connectivity index (χ4n) is 2.82. The minimum absolute atomic E-state index is 0.0232. The number of aliphatic hydroxyl groups is 1. The van der Waals surface area contributed by atoms with Gasteiger partial charge in [0.2, 0.25) is 10.8 Å². The van der Waals surface area contributed by atoms with E-state index in [1.54, 1.807) is 6.92 Å². The standard InChI is InChI=1S/C16H19ClN4O2S/c1-3-20(8-9-22)13(11-6-4-5-7-12(11)17)14-15(23)21-16(24-14)18-10(2)19-21/h4-7,13,22-23H,3,8-9H2,1-2H3. The number of likely N-dealkylation sites (N-methyl/N-ethyl adjacent to an activating group) is 1. The van der Waals surface area contributed by atoms with E-state index in [-0.39, 0.29) is 18.5 Å². The third kappa shape index (κ3) is 3.00. The van der Waals surface area contributed by atoms with Gasteiger partial charge in [0.1, 0.15) is 5.82 Å². The zero-order valence-corrected chi connectivity index (χ0v) is 15.0. The van der Waals surface area contributed by atoms with E-state index < -0.39 is 0 Å². The number of thiazole rings is 1. The highest BCUT2D eigenvalue weighted by atomic mass is 35.5. The summed E-state index contributed by atoms with van der Waals surface area (Å²) in [6.45, 7) is 4.99. The molecule has 3 rings (SSSR count). The number of aromatic nitrogens is 3. The van der Waals surface area contributed by atoms with Crippen molar-refractivity contribution in [2.75, 3.05) is 19.7 Å². The molecule has 0 saturated carbocycles. The number of aryl methyl sites for hydroxylation is 1. The van der Waals surface area contributed by atoms with Crippen LogP contribution in [0, 0.1) is 6.92 Å². The normalized spacial score (nSPS) is 13.0. The topological polar surface area (TPSA) is 73.9 Å². The molecule has 1 unspecified atom stereocenters. The van der Waals surface area contributed by atoms with Crippen LogP contribution >= 0.6 is 22.9 Å². The van der Waals surface area contributed by atoms with Gasteiger partial charge in [-0.1, -0.05) is 48.1 Å². The summed E-state index contributed by atoms with van der Waals surface area (Å²) in [7, 11) is 0. The van der Waals surface area contributed by atoms with Gasteiger partial charge in [-0.2, -0.15) is 4.52 Å². The molecule has 0 spiro atoms. The van der Waals surface area contributed by atoms with E-state index in [9.17, 15) is 10.2 Å². The lowest BCUT2D eigenvalue weighted by Gasteiger charge is -2.30. The van der Waals surface area contributed by atoms with Gasteiger partial charge < -0.3 is 10.2 Å². The molecule has 0 amide bonds. The van der Waals surface area contributed by atoms with Crippen LogP contribution in [0.4, 0.5) is 0 Å². The predicted molar refractivity (Wildman–Crippen MR) is 94.9 cm³/mol. The van der Waals surface area contributed by atoms with Gasteiger partial charge in [-0.25, -0.2) is 4.98 Å². The lowest BCUT2D eigenvalue weighted by atomic mass is 10.0. The maximum absolute atomic E-state index is 10.7. The van der Waals surface area contributed by atoms with Gasteiger partial charge in [-0.15, -0.1) is 5.10 Å². The molecule has 2 N–H and O–H groups in total. The SMILES string of the molecule is CCN(CCO)C(c1ccccc1Cl)c1sc2nc(C)nn2c1O. The summed E-state index contributed by atoms with van der Waals surface area (Å²) in [5, 5.41) is 24.9. The zero-order valence-electron chi connectivity index (χ0n) is 13.5. The van der Waals surface area contributed by atoms with Crippen molar-refractivity contribution in [2.45, 2.75) is 19.9 Å². The molecule has 0 bridgehead atoms. The summed E-state index contributed by atoms with van der Waals surface area (Å²) in [6.07, 6.45) is 0. The number of aliphatic hydroxyl groups excluding tert-OH is 1. The minimum Gasteiger partial charge on any atom is -0.492 e. The monoisotopic (exact) mass is 366 g/mol. The Morgan fingerprint density at radius 1 is 1.38 bits per heavy atom. The fraction of sp³-hybridized carbons (Fsp3) is 0.375. The first-order valence-electron chi connectivity index (χ1n) is 7.71. The van der Waals surface area contributed by atoms with Crippen molar-refractivity contribution in [3.05, 3.63) is 45.6 Å². The molecule has 0 radical (unpaired) electrons. The van der Waals surface area contributed by atoms with Gasteiger partial charge >= 0.3 is 0 Å². The van der Waals surface area contributed by atoms with E-state index in [4.69, 9.17) is 11.6 Å². The average Bonchev–Trinajstić information content (AvgIpc) is 3.07. The van der Waals surface area contributed by atoms with E-state index in [2.05, 4.69) is 15.0 Å². The van der Waals surface area contributed by atoms with Crippen LogP contribution in [0.1, 0.15) is 29.2 Å². The van der Waals surface area contributed by atoms with Gasteiger partial charge in [0.15, 0.2) is 0 Å². The molecule has 2 aromatic heterocycles. The van der Waals surface area contributed by atoms with E-state index in [0.29, 0.717) is 33.8 Å². The van der Waals surface area contributed by atoms with Crippen LogP contribution in [0.2, 0.25) is 5.02 Å². The van der Waals surface area contributed by atoms with Crippen molar-refractivity contribution < 1.29 is 10.2 Å². The summed E-state index contributed by atoms with van der Waals surface area (Å²) in [5.74, 6) is 0.678. The van der Waals surface area contributed by atoms with Crippen molar-refractivity contribution in [3.8, 4) is 5.88 Å². The van der Waals surface area contributed by atoms with E-state index in [1.165, 1.54) is 15.9 Å². The second kappa shape index (κ2) is 7.06.